The molecule has 10 nitrogen and oxygen atoms in total. The molecule has 0 bridgehead atoms. The Kier molecular flexibility index (Phi) is 13.3. The Hall–Kier alpha value is -3.04. The van der Waals surface area contributed by atoms with Crippen molar-refractivity contribution in [2.45, 2.75) is 70.1 Å². The number of hydrogen-bond acceptors (Lipinski definition) is 8. The maximum absolute atomic E-state index is 12.8. The van der Waals surface area contributed by atoms with Crippen LogP contribution in [-0.4, -0.2) is 54.3 Å². The molecule has 1 fully saturated rings. The third-order valence-corrected chi connectivity index (χ3v) is 7.94. The van der Waals surface area contributed by atoms with Gasteiger partial charge in [0.25, 0.3) is 0 Å². The molecule has 1 amide bonds. The number of rotatable bonds is 16. The van der Waals surface area contributed by atoms with Crippen LogP contribution in [0.1, 0.15) is 56.1 Å². The third kappa shape index (κ3) is 12.0. The predicted octanol–water partition coefficient (Wildman–Crippen LogP) is 4.50. The van der Waals surface area contributed by atoms with Gasteiger partial charge in [0.15, 0.2) is 6.10 Å². The Morgan fingerprint density at radius 1 is 0.975 bits per heavy atom. The minimum atomic E-state index is -4.12. The highest BCUT2D eigenvalue weighted by atomic mass is 31.2. The Balaban J connectivity index is 1.44. The SMILES string of the molecule is O=C(NCCCCC(OP(=O)(O)CCCCc1ccccc1)C(=O)OC(=O)[C@@H]1CCCN1)OCc1ccccc1. The highest BCUT2D eigenvalue weighted by molar-refractivity contribution is 7.52. The normalized spacial score (nSPS) is 17.0. The summed E-state index contributed by atoms with van der Waals surface area (Å²) in [5.74, 6) is -1.69. The van der Waals surface area contributed by atoms with Crippen LogP contribution < -0.4 is 10.6 Å². The first-order valence-electron chi connectivity index (χ1n) is 13.8. The highest BCUT2D eigenvalue weighted by Gasteiger charge is 2.33. The zero-order chi connectivity index (χ0) is 28.6. The number of ether oxygens (including phenoxy) is 2. The fraction of sp³-hybridized carbons (Fsp3) is 0.483. The lowest BCUT2D eigenvalue weighted by molar-refractivity contribution is -0.166. The molecule has 3 N–H and O–H groups in total. The molecule has 3 rings (SSSR count). The average Bonchev–Trinajstić information content (AvgIpc) is 3.50. The van der Waals surface area contributed by atoms with Gasteiger partial charge < -0.3 is 25.0 Å². The molecule has 1 aliphatic heterocycles. The van der Waals surface area contributed by atoms with E-state index in [2.05, 4.69) is 10.6 Å². The quantitative estimate of drug-likeness (QED) is 0.114. The van der Waals surface area contributed by atoms with E-state index in [4.69, 9.17) is 14.0 Å². The van der Waals surface area contributed by atoms with Crippen molar-refractivity contribution in [3.63, 3.8) is 0 Å². The molecule has 0 aromatic heterocycles. The van der Waals surface area contributed by atoms with Crippen molar-refractivity contribution in [3.05, 3.63) is 71.8 Å². The Labute approximate surface area is 235 Å². The summed E-state index contributed by atoms with van der Waals surface area (Å²) in [5.41, 5.74) is 2.00. The topological polar surface area (TPSA) is 140 Å². The van der Waals surface area contributed by atoms with Gasteiger partial charge in [-0.25, -0.2) is 14.4 Å². The van der Waals surface area contributed by atoms with E-state index in [1.165, 1.54) is 0 Å². The van der Waals surface area contributed by atoms with Crippen molar-refractivity contribution < 1.29 is 37.8 Å². The number of nitrogens with one attached hydrogen (secondary N) is 2. The second-order valence-electron chi connectivity index (χ2n) is 9.77. The van der Waals surface area contributed by atoms with Crippen LogP contribution in [0, 0.1) is 0 Å². The van der Waals surface area contributed by atoms with Gasteiger partial charge in [-0.05, 0) is 69.0 Å². The second-order valence-corrected chi connectivity index (χ2v) is 11.7. The number of carbonyl (C=O) groups excluding carboxylic acids is 3. The minimum absolute atomic E-state index is 0.0551. The van der Waals surface area contributed by atoms with Gasteiger partial charge in [-0.1, -0.05) is 60.7 Å². The summed E-state index contributed by atoms with van der Waals surface area (Å²) in [7, 11) is -4.12. The maximum Gasteiger partial charge on any atom is 0.407 e. The Bertz CT molecular complexity index is 1110. The number of hydrogen-bond donors (Lipinski definition) is 3. The maximum atomic E-state index is 12.8. The van der Waals surface area contributed by atoms with Crippen LogP contribution in [0.2, 0.25) is 0 Å². The summed E-state index contributed by atoms with van der Waals surface area (Å²) in [6, 6.07) is 18.5. The summed E-state index contributed by atoms with van der Waals surface area (Å²) >= 11 is 0. The molecule has 11 heteroatoms. The van der Waals surface area contributed by atoms with Gasteiger partial charge in [-0.3, -0.25) is 9.09 Å². The van der Waals surface area contributed by atoms with Crippen LogP contribution in [0.3, 0.4) is 0 Å². The molecule has 0 aliphatic carbocycles. The first-order chi connectivity index (χ1) is 19.3. The van der Waals surface area contributed by atoms with E-state index in [0.29, 0.717) is 38.6 Å². The van der Waals surface area contributed by atoms with Crippen molar-refractivity contribution in [2.75, 3.05) is 19.3 Å². The number of esters is 2. The van der Waals surface area contributed by atoms with Crippen molar-refractivity contribution >= 4 is 25.6 Å². The molecule has 2 aromatic carbocycles. The van der Waals surface area contributed by atoms with Crippen molar-refractivity contribution in [3.8, 4) is 0 Å². The molecule has 3 atom stereocenters. The summed E-state index contributed by atoms with van der Waals surface area (Å²) in [4.78, 5) is 47.5. The standard InChI is InChI=1S/C29H39N2O8P/c32-27(25-17-11-20-30-25)38-28(33)26(39-40(35,36)21-10-8-14-23-12-3-1-4-13-23)18-7-9-19-31-29(34)37-22-24-15-5-2-6-16-24/h1-6,12-13,15-16,25-26,30H,7-11,14,17-22H2,(H,31,34)(H,35,36)/t25-,26?/m0/s1. The predicted molar refractivity (Wildman–Crippen MR) is 150 cm³/mol. The van der Waals surface area contributed by atoms with Crippen LogP contribution >= 0.6 is 7.60 Å². The molecular weight excluding hydrogens is 535 g/mol. The number of unbranched alkanes of at least 4 members (excludes halogenated alkanes) is 2. The fourth-order valence-corrected chi connectivity index (χ4v) is 5.61. The smallest absolute Gasteiger partial charge is 0.407 e. The lowest BCUT2D eigenvalue weighted by atomic mass is 10.1. The van der Waals surface area contributed by atoms with Gasteiger partial charge in [0, 0.05) is 6.54 Å². The molecule has 0 saturated carbocycles. The van der Waals surface area contributed by atoms with Gasteiger partial charge in [-0.15, -0.1) is 0 Å². The summed E-state index contributed by atoms with van der Waals surface area (Å²) in [6.07, 6.45) is 2.07. The van der Waals surface area contributed by atoms with Gasteiger partial charge in [0.2, 0.25) is 0 Å². The molecule has 40 heavy (non-hydrogen) atoms. The van der Waals surface area contributed by atoms with Gasteiger partial charge in [0.05, 0.1) is 6.16 Å². The molecule has 1 aliphatic rings. The van der Waals surface area contributed by atoms with Gasteiger partial charge in [0.1, 0.15) is 12.6 Å². The average molecular weight is 575 g/mol. The molecule has 1 heterocycles. The van der Waals surface area contributed by atoms with E-state index in [1.807, 2.05) is 60.7 Å². The second kappa shape index (κ2) is 16.9. The van der Waals surface area contributed by atoms with E-state index in [-0.39, 0.29) is 25.7 Å². The van der Waals surface area contributed by atoms with Crippen LogP contribution in [0.5, 0.6) is 0 Å². The zero-order valence-corrected chi connectivity index (χ0v) is 23.6. The number of alkyl carbamates (subject to hydrolysis) is 1. The van der Waals surface area contributed by atoms with E-state index in [0.717, 1.165) is 24.0 Å². The largest absolute Gasteiger partial charge is 0.445 e. The molecular formula is C29H39N2O8P. The van der Waals surface area contributed by atoms with Crippen molar-refractivity contribution in [1.82, 2.24) is 10.6 Å². The van der Waals surface area contributed by atoms with Crippen molar-refractivity contribution in [1.29, 1.82) is 0 Å². The van der Waals surface area contributed by atoms with Gasteiger partial charge >= 0.3 is 25.6 Å². The molecule has 1 saturated heterocycles. The van der Waals surface area contributed by atoms with E-state index >= 15 is 0 Å². The third-order valence-electron chi connectivity index (χ3n) is 6.48. The first kappa shape index (κ1) is 31.5. The number of aryl methyl sites for hydroxylation is 1. The molecule has 218 valence electrons. The molecule has 0 radical (unpaired) electrons. The van der Waals surface area contributed by atoms with Crippen molar-refractivity contribution in [2.24, 2.45) is 0 Å². The van der Waals surface area contributed by atoms with E-state index in [1.54, 1.807) is 0 Å². The van der Waals surface area contributed by atoms with Crippen LogP contribution in [0.15, 0.2) is 60.7 Å². The fourth-order valence-electron chi connectivity index (χ4n) is 4.29. The van der Waals surface area contributed by atoms with Crippen LogP contribution in [0.4, 0.5) is 4.79 Å². The first-order valence-corrected chi connectivity index (χ1v) is 15.6. The van der Waals surface area contributed by atoms with Crippen LogP contribution in [0.25, 0.3) is 0 Å². The summed E-state index contributed by atoms with van der Waals surface area (Å²) < 4.78 is 28.4. The summed E-state index contributed by atoms with van der Waals surface area (Å²) in [5, 5.41) is 5.60. The zero-order valence-electron chi connectivity index (χ0n) is 22.7. The molecule has 2 aromatic rings. The van der Waals surface area contributed by atoms with Gasteiger partial charge in [-0.2, -0.15) is 0 Å². The lowest BCUT2D eigenvalue weighted by Gasteiger charge is -2.20. The number of benzene rings is 2. The van der Waals surface area contributed by atoms with E-state index < -0.39 is 37.8 Å². The molecule has 2 unspecified atom stereocenters. The Morgan fingerprint density at radius 3 is 2.35 bits per heavy atom. The van der Waals surface area contributed by atoms with E-state index in [9.17, 15) is 23.8 Å². The highest BCUT2D eigenvalue weighted by Crippen LogP contribution is 2.45. The monoisotopic (exact) mass is 574 g/mol. The molecule has 0 spiro atoms. The number of carbonyl (C=O) groups is 3. The van der Waals surface area contributed by atoms with Crippen LogP contribution in [-0.2, 0) is 41.2 Å². The minimum Gasteiger partial charge on any atom is -0.445 e. The number of amides is 1. The Morgan fingerprint density at radius 2 is 1.68 bits per heavy atom. The summed E-state index contributed by atoms with van der Waals surface area (Å²) in [6.45, 7) is 1.08. The lowest BCUT2D eigenvalue weighted by Crippen LogP contribution is -2.37.